The van der Waals surface area contributed by atoms with Gasteiger partial charge in [-0.2, -0.15) is 10.5 Å². The second kappa shape index (κ2) is 6.97. The molecule has 0 spiro atoms. The van der Waals surface area contributed by atoms with E-state index in [2.05, 4.69) is 6.07 Å². The molecule has 0 aliphatic heterocycles. The Bertz CT molecular complexity index is 796. The summed E-state index contributed by atoms with van der Waals surface area (Å²) in [6.45, 7) is 0. The molecule has 0 atom stereocenters. The van der Waals surface area contributed by atoms with E-state index in [-0.39, 0.29) is 0 Å². The molecule has 0 saturated heterocycles. The molecule has 0 N–H and O–H groups in total. The van der Waals surface area contributed by atoms with Crippen LogP contribution in [0.25, 0.3) is 12.2 Å². The summed E-state index contributed by atoms with van der Waals surface area (Å²) >= 11 is 0. The third kappa shape index (κ3) is 3.08. The first-order valence-electron chi connectivity index (χ1n) is 6.56. The topological polar surface area (TPSA) is 66.0 Å². The zero-order valence-corrected chi connectivity index (χ0v) is 12.3. The molecule has 4 nitrogen and oxygen atoms in total. The second-order valence-corrected chi connectivity index (χ2v) is 4.44. The van der Waals surface area contributed by atoms with Crippen LogP contribution in [0.1, 0.15) is 22.3 Å². The third-order valence-electron chi connectivity index (χ3n) is 3.19. The fraction of sp³-hybridized carbons (Fsp3) is 0.111. The van der Waals surface area contributed by atoms with Crippen molar-refractivity contribution in [2.75, 3.05) is 14.2 Å². The Labute approximate surface area is 129 Å². The highest BCUT2D eigenvalue weighted by Gasteiger charge is 2.06. The van der Waals surface area contributed by atoms with Crippen LogP contribution in [0.3, 0.4) is 0 Å². The Morgan fingerprint density at radius 3 is 2.32 bits per heavy atom. The maximum absolute atomic E-state index is 9.21. The highest BCUT2D eigenvalue weighted by molar-refractivity contribution is 5.75. The maximum Gasteiger partial charge on any atom is 0.161 e. The van der Waals surface area contributed by atoms with Crippen LogP contribution in [0.15, 0.2) is 36.4 Å². The van der Waals surface area contributed by atoms with Gasteiger partial charge in [-0.15, -0.1) is 0 Å². The van der Waals surface area contributed by atoms with Gasteiger partial charge in [0.1, 0.15) is 12.1 Å². The highest BCUT2D eigenvalue weighted by atomic mass is 16.5. The van der Waals surface area contributed by atoms with E-state index >= 15 is 0 Å². The molecule has 0 aliphatic carbocycles. The lowest BCUT2D eigenvalue weighted by molar-refractivity contribution is 0.355. The van der Waals surface area contributed by atoms with Gasteiger partial charge in [-0.05, 0) is 29.3 Å². The molecule has 0 amide bonds. The van der Waals surface area contributed by atoms with Gasteiger partial charge in [-0.25, -0.2) is 0 Å². The molecule has 2 aromatic carbocycles. The predicted molar refractivity (Wildman–Crippen MR) is 84.3 cm³/mol. The summed E-state index contributed by atoms with van der Waals surface area (Å²) in [6.07, 6.45) is 3.67. The van der Waals surface area contributed by atoms with Crippen LogP contribution in [-0.2, 0) is 0 Å². The molecule has 0 unspecified atom stereocenters. The monoisotopic (exact) mass is 290 g/mol. The lowest BCUT2D eigenvalue weighted by atomic mass is 10.0. The molecule has 0 fully saturated rings. The van der Waals surface area contributed by atoms with Gasteiger partial charge in [-0.1, -0.05) is 30.4 Å². The minimum absolute atomic E-state index is 0.372. The molecule has 0 aromatic heterocycles. The van der Waals surface area contributed by atoms with Gasteiger partial charge in [0.15, 0.2) is 11.5 Å². The Morgan fingerprint density at radius 2 is 1.68 bits per heavy atom. The van der Waals surface area contributed by atoms with E-state index < -0.39 is 0 Å². The van der Waals surface area contributed by atoms with E-state index in [0.717, 1.165) is 5.56 Å². The number of hydrogen-bond donors (Lipinski definition) is 0. The summed E-state index contributed by atoms with van der Waals surface area (Å²) in [4.78, 5) is 0. The Hall–Kier alpha value is -3.24. The summed E-state index contributed by atoms with van der Waals surface area (Å²) in [6, 6.07) is 14.8. The smallest absolute Gasteiger partial charge is 0.161 e. The van der Waals surface area contributed by atoms with Crippen LogP contribution in [-0.4, -0.2) is 14.2 Å². The summed E-state index contributed by atoms with van der Waals surface area (Å²) in [7, 11) is 3.16. The lowest BCUT2D eigenvalue weighted by Gasteiger charge is -2.07. The molecule has 108 valence electrons. The van der Waals surface area contributed by atoms with E-state index in [4.69, 9.17) is 14.7 Å². The molecule has 22 heavy (non-hydrogen) atoms. The minimum atomic E-state index is 0.372. The summed E-state index contributed by atoms with van der Waals surface area (Å²) in [5.74, 6) is 1.29. The van der Waals surface area contributed by atoms with Crippen molar-refractivity contribution in [1.82, 2.24) is 0 Å². The normalized spacial score (nSPS) is 10.0. The van der Waals surface area contributed by atoms with Crippen molar-refractivity contribution < 1.29 is 9.47 Å². The molecular weight excluding hydrogens is 276 g/mol. The molecule has 0 saturated carbocycles. The number of methoxy groups -OCH3 is 2. The number of benzene rings is 2. The summed E-state index contributed by atoms with van der Waals surface area (Å²) in [5.41, 5.74) is 2.36. The zero-order valence-electron chi connectivity index (χ0n) is 12.3. The van der Waals surface area contributed by atoms with Crippen molar-refractivity contribution in [3.05, 3.63) is 58.7 Å². The average molecular weight is 290 g/mol. The second-order valence-electron chi connectivity index (χ2n) is 4.44. The van der Waals surface area contributed by atoms with Gasteiger partial charge in [0.2, 0.25) is 0 Å². The Kier molecular flexibility index (Phi) is 4.80. The quantitative estimate of drug-likeness (QED) is 0.807. The van der Waals surface area contributed by atoms with Crippen molar-refractivity contribution in [3.63, 3.8) is 0 Å². The van der Waals surface area contributed by atoms with Crippen molar-refractivity contribution in [1.29, 1.82) is 10.5 Å². The van der Waals surface area contributed by atoms with Gasteiger partial charge in [-0.3, -0.25) is 0 Å². The van der Waals surface area contributed by atoms with Gasteiger partial charge >= 0.3 is 0 Å². The molecule has 0 bridgehead atoms. The number of nitrogens with zero attached hydrogens (tertiary/aromatic N) is 2. The molecule has 0 aliphatic rings. The highest BCUT2D eigenvalue weighted by Crippen LogP contribution is 2.28. The van der Waals surface area contributed by atoms with E-state index in [1.807, 2.05) is 30.3 Å². The van der Waals surface area contributed by atoms with Crippen molar-refractivity contribution in [2.24, 2.45) is 0 Å². The van der Waals surface area contributed by atoms with Crippen LogP contribution < -0.4 is 9.47 Å². The third-order valence-corrected chi connectivity index (χ3v) is 3.19. The van der Waals surface area contributed by atoms with E-state index in [1.165, 1.54) is 0 Å². The molecule has 0 radical (unpaired) electrons. The standard InChI is InChI=1S/C18H14N2O2/c1-21-17-9-7-13(10-18(17)22-2)6-8-14-4-3-5-15(11-19)16(14)12-20/h3-10H,1-2H3. The number of hydrogen-bond acceptors (Lipinski definition) is 4. The maximum atomic E-state index is 9.21. The van der Waals surface area contributed by atoms with E-state index in [9.17, 15) is 5.26 Å². The fourth-order valence-electron chi connectivity index (χ4n) is 2.07. The number of nitriles is 2. The SMILES string of the molecule is COc1ccc(C=Cc2cccc(C#N)c2C#N)cc1OC. The largest absolute Gasteiger partial charge is 0.493 e. The number of rotatable bonds is 4. The average Bonchev–Trinajstić information content (AvgIpc) is 2.58. The van der Waals surface area contributed by atoms with Crippen LogP contribution in [0.2, 0.25) is 0 Å². The first kappa shape index (κ1) is 15.2. The molecule has 2 aromatic rings. The van der Waals surface area contributed by atoms with Crippen LogP contribution in [0, 0.1) is 22.7 Å². The first-order valence-corrected chi connectivity index (χ1v) is 6.56. The lowest BCUT2D eigenvalue weighted by Crippen LogP contribution is -1.90. The van der Waals surface area contributed by atoms with Crippen molar-refractivity contribution >= 4 is 12.2 Å². The van der Waals surface area contributed by atoms with Crippen LogP contribution in [0.4, 0.5) is 0 Å². The van der Waals surface area contributed by atoms with Gasteiger partial charge in [0.05, 0.1) is 25.3 Å². The molecule has 0 heterocycles. The summed E-state index contributed by atoms with van der Waals surface area (Å²) in [5, 5.41) is 18.2. The van der Waals surface area contributed by atoms with E-state index in [1.54, 1.807) is 38.5 Å². The van der Waals surface area contributed by atoms with Gasteiger partial charge < -0.3 is 9.47 Å². The minimum Gasteiger partial charge on any atom is -0.493 e. The van der Waals surface area contributed by atoms with Gasteiger partial charge in [0, 0.05) is 0 Å². The Morgan fingerprint density at radius 1 is 0.909 bits per heavy atom. The predicted octanol–water partition coefficient (Wildman–Crippen LogP) is 3.62. The first-order chi connectivity index (χ1) is 10.7. The van der Waals surface area contributed by atoms with Crippen LogP contribution >= 0.6 is 0 Å². The van der Waals surface area contributed by atoms with Crippen molar-refractivity contribution in [2.45, 2.75) is 0 Å². The molecular formula is C18H14N2O2. The van der Waals surface area contributed by atoms with Gasteiger partial charge in [0.25, 0.3) is 0 Å². The summed E-state index contributed by atoms with van der Waals surface area (Å²) < 4.78 is 10.4. The zero-order chi connectivity index (χ0) is 15.9. The van der Waals surface area contributed by atoms with Crippen LogP contribution in [0.5, 0.6) is 11.5 Å². The van der Waals surface area contributed by atoms with Crippen molar-refractivity contribution in [3.8, 4) is 23.6 Å². The number of ether oxygens (including phenoxy) is 2. The molecule has 4 heteroatoms. The van der Waals surface area contributed by atoms with E-state index in [0.29, 0.717) is 28.2 Å². The Balaban J connectivity index is 2.38. The molecule has 2 rings (SSSR count). The fourth-order valence-corrected chi connectivity index (χ4v) is 2.07.